The van der Waals surface area contributed by atoms with Crippen molar-refractivity contribution in [3.05, 3.63) is 118 Å². The van der Waals surface area contributed by atoms with Crippen molar-refractivity contribution in [3.8, 4) is 23.0 Å². The molecule has 1 fully saturated rings. The summed E-state index contributed by atoms with van der Waals surface area (Å²) in [5, 5.41) is 4.07. The molecule has 0 spiro atoms. The molecule has 1 N–H and O–H groups in total. The van der Waals surface area contributed by atoms with Gasteiger partial charge in [-0.2, -0.15) is 0 Å². The Bertz CT molecular complexity index is 1740. The highest BCUT2D eigenvalue weighted by Crippen LogP contribution is 2.36. The number of hydrogen-bond acceptors (Lipinski definition) is 3. The Morgan fingerprint density at radius 3 is 2.33 bits per heavy atom. The number of aromatic nitrogens is 2. The largest absolute Gasteiger partial charge is 0.340 e. The van der Waals surface area contributed by atoms with Gasteiger partial charge in [-0.15, -0.1) is 0 Å². The molecule has 4 nitrogen and oxygen atoms in total. The van der Waals surface area contributed by atoms with E-state index in [1.807, 2.05) is 86.6 Å². The van der Waals surface area contributed by atoms with E-state index in [0.717, 1.165) is 71.0 Å². The van der Waals surface area contributed by atoms with Crippen molar-refractivity contribution in [1.29, 1.82) is 0 Å². The minimum Gasteiger partial charge on any atom is -0.340 e. The third kappa shape index (κ3) is 5.21. The number of hydrogen-bond donors (Lipinski definition) is 1. The van der Waals surface area contributed by atoms with Crippen molar-refractivity contribution in [1.82, 2.24) is 14.9 Å². The molecule has 1 aromatic heterocycles. The lowest BCUT2D eigenvalue weighted by atomic mass is 9.98. The van der Waals surface area contributed by atoms with Gasteiger partial charge in [0.25, 0.3) is 0 Å². The molecule has 1 aliphatic heterocycles. The summed E-state index contributed by atoms with van der Waals surface area (Å²) in [5.74, 6) is 7.41. The van der Waals surface area contributed by atoms with Crippen molar-refractivity contribution in [2.45, 2.75) is 20.4 Å². The van der Waals surface area contributed by atoms with Gasteiger partial charge in [0, 0.05) is 47.9 Å². The number of imidazole rings is 1. The first-order valence-corrected chi connectivity index (χ1v) is 13.9. The van der Waals surface area contributed by atoms with Crippen LogP contribution in [0.5, 0.6) is 0 Å². The summed E-state index contributed by atoms with van der Waals surface area (Å²) in [4.78, 5) is 7.57. The first-order valence-electron chi connectivity index (χ1n) is 13.6. The maximum Gasteiger partial charge on any atom is 0.206 e. The van der Waals surface area contributed by atoms with E-state index >= 15 is 0 Å². The van der Waals surface area contributed by atoms with Crippen LogP contribution in [-0.2, 0) is 6.54 Å². The van der Waals surface area contributed by atoms with Crippen LogP contribution in [0.1, 0.15) is 27.8 Å². The molecule has 6 rings (SSSR count). The van der Waals surface area contributed by atoms with Crippen molar-refractivity contribution in [2.24, 2.45) is 0 Å². The van der Waals surface area contributed by atoms with Crippen LogP contribution in [0.15, 0.2) is 78.9 Å². The first-order chi connectivity index (χ1) is 19.5. The van der Waals surface area contributed by atoms with Gasteiger partial charge in [0.2, 0.25) is 5.95 Å². The number of benzene rings is 4. The van der Waals surface area contributed by atoms with Gasteiger partial charge in [-0.05, 0) is 66.4 Å². The number of halogens is 2. The minimum atomic E-state index is -0.153. The molecule has 0 atom stereocenters. The Labute approximate surface area is 239 Å². The first kappa shape index (κ1) is 26.1. The van der Waals surface area contributed by atoms with Crippen molar-refractivity contribution in [2.75, 3.05) is 31.1 Å². The monoisotopic (exact) mass is 548 g/mol. The number of fused-ring (bicyclic) bond motifs is 1. The van der Waals surface area contributed by atoms with E-state index in [2.05, 4.69) is 32.7 Å². The average Bonchev–Trinajstić information content (AvgIpc) is 3.33. The van der Waals surface area contributed by atoms with Gasteiger partial charge in [-0.25, -0.2) is 9.37 Å². The highest BCUT2D eigenvalue weighted by molar-refractivity contribution is 6.32. The van der Waals surface area contributed by atoms with Gasteiger partial charge in [0.15, 0.2) is 0 Å². The SMILES string of the molecule is Cc1cc(Cn2c(N3CCNCC3)nc3c(-c4ccccc4C#Cc4ccccc4)cc(Cl)cc32)cc(C)c1F. The summed E-state index contributed by atoms with van der Waals surface area (Å²) in [6.07, 6.45) is 0. The summed E-state index contributed by atoms with van der Waals surface area (Å²) in [6, 6.07) is 26.0. The molecule has 0 unspecified atom stereocenters. The Kier molecular flexibility index (Phi) is 7.30. The molecule has 5 aromatic rings. The van der Waals surface area contributed by atoms with Crippen LogP contribution in [-0.4, -0.2) is 35.7 Å². The molecule has 1 aliphatic rings. The topological polar surface area (TPSA) is 33.1 Å². The van der Waals surface area contributed by atoms with E-state index in [1.54, 1.807) is 0 Å². The highest BCUT2D eigenvalue weighted by Gasteiger charge is 2.23. The van der Waals surface area contributed by atoms with Gasteiger partial charge in [0.1, 0.15) is 5.82 Å². The lowest BCUT2D eigenvalue weighted by molar-refractivity contribution is 0.571. The predicted octanol–water partition coefficient (Wildman–Crippen LogP) is 6.97. The van der Waals surface area contributed by atoms with Gasteiger partial charge >= 0.3 is 0 Å². The fourth-order valence-electron chi connectivity index (χ4n) is 5.44. The smallest absolute Gasteiger partial charge is 0.206 e. The zero-order chi connectivity index (χ0) is 27.6. The summed E-state index contributed by atoms with van der Waals surface area (Å²) in [5.41, 5.74) is 7.96. The van der Waals surface area contributed by atoms with Crippen molar-refractivity contribution < 1.29 is 4.39 Å². The number of piperazine rings is 1. The lowest BCUT2D eigenvalue weighted by Crippen LogP contribution is -2.44. The van der Waals surface area contributed by atoms with Crippen molar-refractivity contribution in [3.63, 3.8) is 0 Å². The van der Waals surface area contributed by atoms with E-state index in [0.29, 0.717) is 22.7 Å². The van der Waals surface area contributed by atoms with Gasteiger partial charge in [-0.3, -0.25) is 0 Å². The Hall–Kier alpha value is -4.11. The molecule has 0 amide bonds. The molecule has 200 valence electrons. The number of nitrogens with one attached hydrogen (secondary N) is 1. The minimum absolute atomic E-state index is 0.153. The predicted molar refractivity (Wildman–Crippen MR) is 163 cm³/mol. The fraction of sp³-hybridized carbons (Fsp3) is 0.206. The maximum atomic E-state index is 14.5. The quantitative estimate of drug-likeness (QED) is 0.246. The van der Waals surface area contributed by atoms with Gasteiger partial charge in [-0.1, -0.05) is 72.0 Å². The molecule has 1 saturated heterocycles. The molecule has 6 heteroatoms. The van der Waals surface area contributed by atoms with E-state index in [9.17, 15) is 4.39 Å². The maximum absolute atomic E-state index is 14.5. The zero-order valence-corrected chi connectivity index (χ0v) is 23.4. The number of nitrogens with zero attached hydrogens (tertiary/aromatic N) is 3. The number of aryl methyl sites for hydroxylation is 2. The molecule has 40 heavy (non-hydrogen) atoms. The van der Waals surface area contributed by atoms with Crippen LogP contribution in [0.4, 0.5) is 10.3 Å². The zero-order valence-electron chi connectivity index (χ0n) is 22.6. The molecule has 4 aromatic carbocycles. The normalized spacial score (nSPS) is 13.3. The molecule has 0 aliphatic carbocycles. The molecule has 2 heterocycles. The Balaban J connectivity index is 1.53. The van der Waals surface area contributed by atoms with Crippen LogP contribution in [0.25, 0.3) is 22.2 Å². The molecule has 0 bridgehead atoms. The number of anilines is 1. The van der Waals surface area contributed by atoms with Gasteiger partial charge < -0.3 is 14.8 Å². The standard InChI is InChI=1S/C34H30ClFN4/c1-23-18-26(19-24(2)32(23)36)22-40-31-21-28(35)20-30(33(31)38-34(40)39-16-14-37-15-17-39)29-11-7-6-10-27(29)13-12-25-8-4-3-5-9-25/h3-11,18-21,37H,14-17,22H2,1-2H3. The number of rotatable bonds is 4. The van der Waals surface area contributed by atoms with E-state index in [-0.39, 0.29) is 5.82 Å². The second kappa shape index (κ2) is 11.2. The van der Waals surface area contributed by atoms with Crippen LogP contribution in [0.2, 0.25) is 5.02 Å². The third-order valence-corrected chi connectivity index (χ3v) is 7.59. The molecule has 0 saturated carbocycles. The van der Waals surface area contributed by atoms with Crippen LogP contribution >= 0.6 is 11.6 Å². The van der Waals surface area contributed by atoms with E-state index in [4.69, 9.17) is 16.6 Å². The van der Waals surface area contributed by atoms with Crippen molar-refractivity contribution >= 4 is 28.6 Å². The average molecular weight is 549 g/mol. The Morgan fingerprint density at radius 1 is 0.875 bits per heavy atom. The molecular formula is C34H30ClFN4. The fourth-order valence-corrected chi connectivity index (χ4v) is 5.65. The van der Waals surface area contributed by atoms with E-state index < -0.39 is 0 Å². The Morgan fingerprint density at radius 2 is 1.57 bits per heavy atom. The highest BCUT2D eigenvalue weighted by atomic mass is 35.5. The third-order valence-electron chi connectivity index (χ3n) is 7.37. The summed E-state index contributed by atoms with van der Waals surface area (Å²) < 4.78 is 16.7. The second-order valence-corrected chi connectivity index (χ2v) is 10.7. The molecule has 0 radical (unpaired) electrons. The summed E-state index contributed by atoms with van der Waals surface area (Å²) in [6.45, 7) is 7.69. The van der Waals surface area contributed by atoms with Crippen LogP contribution < -0.4 is 10.2 Å². The van der Waals surface area contributed by atoms with E-state index in [1.165, 1.54) is 0 Å². The van der Waals surface area contributed by atoms with Crippen LogP contribution in [0.3, 0.4) is 0 Å². The van der Waals surface area contributed by atoms with Crippen LogP contribution in [0, 0.1) is 31.5 Å². The second-order valence-electron chi connectivity index (χ2n) is 10.3. The lowest BCUT2D eigenvalue weighted by Gasteiger charge is -2.29. The van der Waals surface area contributed by atoms with Gasteiger partial charge in [0.05, 0.1) is 17.6 Å². The summed E-state index contributed by atoms with van der Waals surface area (Å²) in [7, 11) is 0. The summed E-state index contributed by atoms with van der Waals surface area (Å²) >= 11 is 6.79. The molecular weight excluding hydrogens is 519 g/mol.